The number of hydrogen-bond donors (Lipinski definition) is 1. The van der Waals surface area contributed by atoms with Crippen LogP contribution in [0, 0.1) is 5.92 Å². The van der Waals surface area contributed by atoms with E-state index in [9.17, 15) is 14.4 Å². The fourth-order valence-electron chi connectivity index (χ4n) is 3.17. The Labute approximate surface area is 217 Å². The first-order valence-corrected chi connectivity index (χ1v) is 9.80. The van der Waals surface area contributed by atoms with Gasteiger partial charge < -0.3 is 26.9 Å². The topological polar surface area (TPSA) is 99.5 Å². The van der Waals surface area contributed by atoms with Crippen LogP contribution in [0.3, 0.4) is 0 Å². The molecule has 0 saturated carbocycles. The number of ether oxygens (including phenoxy) is 1. The molecular formula is C21H31KN3O4-. The predicted octanol–water partition coefficient (Wildman–Crippen LogP) is -0.540. The van der Waals surface area contributed by atoms with Gasteiger partial charge in [0.2, 0.25) is 11.8 Å². The van der Waals surface area contributed by atoms with Crippen LogP contribution in [-0.4, -0.2) is 53.8 Å². The minimum atomic E-state index is -0.934. The predicted molar refractivity (Wildman–Crippen MR) is 107 cm³/mol. The summed E-state index contributed by atoms with van der Waals surface area (Å²) in [5.41, 5.74) is 9.14. The summed E-state index contributed by atoms with van der Waals surface area (Å²) in [5, 5.41) is 2.69. The number of nitrogens with one attached hydrogen (secondary N) is 2. The van der Waals surface area contributed by atoms with Gasteiger partial charge in [-0.3, -0.25) is 9.59 Å². The molecule has 1 heterocycles. The maximum atomic E-state index is 12.8. The van der Waals surface area contributed by atoms with Gasteiger partial charge in [-0.15, -0.1) is 0 Å². The van der Waals surface area contributed by atoms with E-state index < -0.39 is 18.1 Å². The van der Waals surface area contributed by atoms with Crippen LogP contribution in [-0.2, 0) is 25.7 Å². The van der Waals surface area contributed by atoms with Gasteiger partial charge in [0.15, 0.2) is 0 Å². The molecule has 7 nitrogen and oxygen atoms in total. The number of aldehydes is 1. The monoisotopic (exact) mass is 430 g/mol. The average molecular weight is 431 g/mol. The van der Waals surface area contributed by atoms with Crippen molar-refractivity contribution in [1.29, 1.82) is 0 Å². The minimum Gasteiger partial charge on any atom is -1.00 e. The van der Waals surface area contributed by atoms with Crippen molar-refractivity contribution in [3.8, 4) is 0 Å². The molecule has 1 aromatic rings. The van der Waals surface area contributed by atoms with Gasteiger partial charge in [0.25, 0.3) is 0 Å². The molecular weight excluding hydrogens is 397 g/mol. The molecule has 0 aliphatic carbocycles. The molecule has 1 aromatic carbocycles. The number of carbonyl (C=O) groups excluding carboxylic acids is 3. The van der Waals surface area contributed by atoms with Gasteiger partial charge >= 0.3 is 51.4 Å². The SMILES string of the molecule is CC[C@@H](C=O)NC(=O)[C@@H]1C[C@@H](OCc2ccccc2)CN1C(=O)[C@@H]([NH-])C(C)C.[3H-].[K+]. The maximum absolute atomic E-state index is 12.8. The van der Waals surface area contributed by atoms with Crippen LogP contribution in [0.15, 0.2) is 30.3 Å². The molecule has 1 fully saturated rings. The van der Waals surface area contributed by atoms with Crippen molar-refractivity contribution in [3.63, 3.8) is 0 Å². The molecule has 0 spiro atoms. The van der Waals surface area contributed by atoms with Crippen molar-refractivity contribution in [3.05, 3.63) is 41.6 Å². The first kappa shape index (κ1) is 26.4. The fraction of sp³-hybridized carbons (Fsp3) is 0.571. The van der Waals surface area contributed by atoms with Crippen molar-refractivity contribution >= 4 is 18.1 Å². The van der Waals surface area contributed by atoms with Gasteiger partial charge in [0, 0.05) is 13.0 Å². The number of likely N-dealkylation sites (tertiary alicyclic amines) is 1. The van der Waals surface area contributed by atoms with Gasteiger partial charge in [-0.2, -0.15) is 0 Å². The Hall–Kier alpha value is -0.614. The molecule has 2 N–H and O–H groups in total. The summed E-state index contributed by atoms with van der Waals surface area (Å²) in [4.78, 5) is 38.0. The van der Waals surface area contributed by atoms with Crippen molar-refractivity contribution < 1.29 is 71.9 Å². The van der Waals surface area contributed by atoms with Crippen molar-refractivity contribution in [2.75, 3.05) is 6.54 Å². The molecule has 2 amide bonds. The standard InChI is InChI=1S/C21H30N3O4.K.H/c1-4-16(12-25)23-20(26)18-10-17(28-13-15-8-6-5-7-9-15)11-24(18)21(27)19(22)14(2)3;;/h5-9,12,14,16-19,22H,4,10-11,13H2,1-3H3,(H,23,26);;/q-1;+1;-1/t16-,17+,18-,19-;;/m0../s1/i;;1+2. The Morgan fingerprint density at radius 1 is 1.34 bits per heavy atom. The molecule has 1 saturated heterocycles. The molecule has 4 atom stereocenters. The molecule has 1 aliphatic rings. The van der Waals surface area contributed by atoms with Gasteiger partial charge in [-0.25, -0.2) is 0 Å². The van der Waals surface area contributed by atoms with Crippen LogP contribution in [0.25, 0.3) is 5.73 Å². The van der Waals surface area contributed by atoms with Gasteiger partial charge in [0.1, 0.15) is 12.3 Å². The second-order valence-corrected chi connectivity index (χ2v) is 7.54. The van der Waals surface area contributed by atoms with Gasteiger partial charge in [-0.05, 0) is 12.0 Å². The van der Waals surface area contributed by atoms with Crippen LogP contribution in [0.4, 0.5) is 0 Å². The molecule has 2 rings (SSSR count). The Morgan fingerprint density at radius 2 is 2.00 bits per heavy atom. The van der Waals surface area contributed by atoms with E-state index in [1.165, 1.54) is 4.90 Å². The van der Waals surface area contributed by atoms with Crippen LogP contribution in [0.5, 0.6) is 0 Å². The first-order chi connectivity index (χ1) is 13.4. The molecule has 0 radical (unpaired) electrons. The molecule has 0 unspecified atom stereocenters. The zero-order chi connectivity index (χ0) is 20.7. The Kier molecular flexibility index (Phi) is 11.8. The van der Waals surface area contributed by atoms with E-state index in [0.717, 1.165) is 5.56 Å². The average Bonchev–Trinajstić information content (AvgIpc) is 3.14. The van der Waals surface area contributed by atoms with Gasteiger partial charge in [0.05, 0.1) is 18.8 Å². The van der Waals surface area contributed by atoms with Crippen LogP contribution < -0.4 is 56.7 Å². The van der Waals surface area contributed by atoms with E-state index in [1.807, 2.05) is 44.2 Å². The first-order valence-electron chi connectivity index (χ1n) is 9.80. The third kappa shape index (κ3) is 7.54. The minimum absolute atomic E-state index is 0. The van der Waals surface area contributed by atoms with Crippen LogP contribution in [0.1, 0.15) is 40.6 Å². The third-order valence-electron chi connectivity index (χ3n) is 5.04. The summed E-state index contributed by atoms with van der Waals surface area (Å²) in [6, 6.07) is 7.45. The zero-order valence-corrected chi connectivity index (χ0v) is 20.9. The Morgan fingerprint density at radius 3 is 2.55 bits per heavy atom. The Bertz CT molecular complexity index is 677. The number of carbonyl (C=O) groups is 3. The number of amides is 2. The summed E-state index contributed by atoms with van der Waals surface area (Å²) in [5.74, 6) is -0.895. The number of nitrogens with zero attached hydrogens (tertiary/aromatic N) is 1. The molecule has 8 heteroatoms. The van der Waals surface area contributed by atoms with E-state index in [2.05, 4.69) is 5.32 Å². The molecule has 156 valence electrons. The van der Waals surface area contributed by atoms with Crippen molar-refractivity contribution in [2.24, 2.45) is 5.92 Å². The number of benzene rings is 1. The maximum Gasteiger partial charge on any atom is 1.00 e. The molecule has 1 aliphatic heterocycles. The van der Waals surface area contributed by atoms with E-state index >= 15 is 0 Å². The zero-order valence-electron chi connectivity index (χ0n) is 18.8. The number of rotatable bonds is 9. The quantitative estimate of drug-likeness (QED) is 0.420. The largest absolute Gasteiger partial charge is 1.00 e. The summed E-state index contributed by atoms with van der Waals surface area (Å²) in [6.45, 7) is 6.08. The van der Waals surface area contributed by atoms with Gasteiger partial charge in [-0.1, -0.05) is 63.1 Å². The van der Waals surface area contributed by atoms with E-state index in [0.29, 0.717) is 25.7 Å². The van der Waals surface area contributed by atoms with Crippen LogP contribution in [0.2, 0.25) is 0 Å². The fourth-order valence-corrected chi connectivity index (χ4v) is 3.17. The smallest absolute Gasteiger partial charge is 1.00 e. The second kappa shape index (κ2) is 12.9. The number of hydrogen-bond acceptors (Lipinski definition) is 4. The Balaban J connectivity index is 0.00000420. The third-order valence-corrected chi connectivity index (χ3v) is 5.04. The van der Waals surface area contributed by atoms with E-state index in [1.54, 1.807) is 6.92 Å². The summed E-state index contributed by atoms with van der Waals surface area (Å²) < 4.78 is 5.94. The summed E-state index contributed by atoms with van der Waals surface area (Å²) >= 11 is 0. The summed E-state index contributed by atoms with van der Waals surface area (Å²) in [7, 11) is 0. The molecule has 29 heavy (non-hydrogen) atoms. The van der Waals surface area contributed by atoms with Crippen LogP contribution >= 0.6 is 0 Å². The molecule has 0 aromatic heterocycles. The summed E-state index contributed by atoms with van der Waals surface area (Å²) in [6.07, 6.45) is 1.24. The second-order valence-electron chi connectivity index (χ2n) is 7.54. The van der Waals surface area contributed by atoms with Crippen molar-refractivity contribution in [1.82, 2.24) is 10.2 Å². The van der Waals surface area contributed by atoms with E-state index in [4.69, 9.17) is 10.5 Å². The molecule has 0 bridgehead atoms. The van der Waals surface area contributed by atoms with Crippen molar-refractivity contribution in [2.45, 2.75) is 64.4 Å². The normalized spacial score (nSPS) is 20.7. The van der Waals surface area contributed by atoms with E-state index in [-0.39, 0.29) is 83.2 Å².